The van der Waals surface area contributed by atoms with Crippen LogP contribution < -0.4 is 15.2 Å². The molecule has 0 bridgehead atoms. The normalized spacial score (nSPS) is 12.3. The van der Waals surface area contributed by atoms with Crippen molar-refractivity contribution in [1.82, 2.24) is 0 Å². The van der Waals surface area contributed by atoms with Gasteiger partial charge >= 0.3 is 0 Å². The Bertz CT molecular complexity index is 368. The number of aliphatic hydroxyl groups is 1. The molecule has 1 unspecified atom stereocenters. The Balaban J connectivity index is 3.22. The van der Waals surface area contributed by atoms with Crippen molar-refractivity contribution in [3.63, 3.8) is 0 Å². The Morgan fingerprint density at radius 3 is 2.29 bits per heavy atom. The molecule has 1 atom stereocenters. The molecule has 5 nitrogen and oxygen atoms in total. The molecule has 0 aliphatic rings. The molecule has 0 aliphatic carbocycles. The van der Waals surface area contributed by atoms with Gasteiger partial charge in [0.05, 0.1) is 26.9 Å². The summed E-state index contributed by atoms with van der Waals surface area (Å²) in [7, 11) is 4.72. The molecule has 1 aromatic carbocycles. The van der Waals surface area contributed by atoms with Gasteiger partial charge in [-0.15, -0.1) is 0 Å². The standard InChI is InChI=1S/C12H19NO4/c1-15-7-8-4-12(17-3)9(10(14)6-13)5-11(8)16-2/h4-5,10,14H,6-7,13H2,1-3H3. The molecule has 0 radical (unpaired) electrons. The lowest BCUT2D eigenvalue weighted by Gasteiger charge is -2.17. The second-order valence-corrected chi connectivity index (χ2v) is 3.59. The number of aliphatic hydroxyl groups excluding tert-OH is 1. The first-order valence-electron chi connectivity index (χ1n) is 5.29. The molecule has 0 amide bonds. The lowest BCUT2D eigenvalue weighted by Crippen LogP contribution is -2.13. The Morgan fingerprint density at radius 2 is 1.82 bits per heavy atom. The van der Waals surface area contributed by atoms with Crippen LogP contribution in [0.15, 0.2) is 12.1 Å². The highest BCUT2D eigenvalue weighted by molar-refractivity contribution is 5.47. The van der Waals surface area contributed by atoms with E-state index in [1.165, 1.54) is 0 Å². The number of benzene rings is 1. The van der Waals surface area contributed by atoms with Crippen LogP contribution >= 0.6 is 0 Å². The van der Waals surface area contributed by atoms with Crippen LogP contribution in [0.1, 0.15) is 17.2 Å². The van der Waals surface area contributed by atoms with Crippen molar-refractivity contribution in [2.45, 2.75) is 12.7 Å². The number of nitrogens with two attached hydrogens (primary N) is 1. The van der Waals surface area contributed by atoms with Crippen molar-refractivity contribution in [1.29, 1.82) is 0 Å². The summed E-state index contributed by atoms with van der Waals surface area (Å²) in [4.78, 5) is 0. The smallest absolute Gasteiger partial charge is 0.125 e. The summed E-state index contributed by atoms with van der Waals surface area (Å²) < 4.78 is 15.5. The zero-order valence-electron chi connectivity index (χ0n) is 10.4. The van der Waals surface area contributed by atoms with E-state index in [0.29, 0.717) is 23.7 Å². The summed E-state index contributed by atoms with van der Waals surface area (Å²) in [6, 6.07) is 3.52. The summed E-state index contributed by atoms with van der Waals surface area (Å²) in [6.45, 7) is 0.543. The molecule has 3 N–H and O–H groups in total. The van der Waals surface area contributed by atoms with Crippen molar-refractivity contribution in [2.24, 2.45) is 5.73 Å². The zero-order valence-corrected chi connectivity index (χ0v) is 10.4. The Kier molecular flexibility index (Phi) is 5.21. The van der Waals surface area contributed by atoms with Gasteiger partial charge in [-0.1, -0.05) is 0 Å². The van der Waals surface area contributed by atoms with Crippen LogP contribution in [0.25, 0.3) is 0 Å². The molecule has 0 fully saturated rings. The molecule has 1 aromatic rings. The molecular weight excluding hydrogens is 222 g/mol. The quantitative estimate of drug-likeness (QED) is 0.772. The fourth-order valence-corrected chi connectivity index (χ4v) is 1.64. The number of methoxy groups -OCH3 is 3. The van der Waals surface area contributed by atoms with Gasteiger partial charge in [-0.05, 0) is 12.1 Å². The third-order valence-corrected chi connectivity index (χ3v) is 2.51. The highest BCUT2D eigenvalue weighted by atomic mass is 16.5. The highest BCUT2D eigenvalue weighted by Crippen LogP contribution is 2.32. The molecule has 0 saturated carbocycles. The molecule has 0 aliphatic heterocycles. The van der Waals surface area contributed by atoms with Gasteiger partial charge in [-0.25, -0.2) is 0 Å². The number of hydrogen-bond donors (Lipinski definition) is 2. The average Bonchev–Trinajstić information content (AvgIpc) is 2.37. The van der Waals surface area contributed by atoms with Crippen LogP contribution in [0.2, 0.25) is 0 Å². The molecule has 17 heavy (non-hydrogen) atoms. The van der Waals surface area contributed by atoms with Crippen molar-refractivity contribution in [2.75, 3.05) is 27.9 Å². The number of ether oxygens (including phenoxy) is 3. The molecule has 0 spiro atoms. The van der Waals surface area contributed by atoms with Gasteiger partial charge in [0.15, 0.2) is 0 Å². The SMILES string of the molecule is COCc1cc(OC)c(C(O)CN)cc1OC. The first-order chi connectivity index (χ1) is 8.17. The highest BCUT2D eigenvalue weighted by Gasteiger charge is 2.16. The van der Waals surface area contributed by atoms with E-state index in [1.807, 2.05) is 0 Å². The first kappa shape index (κ1) is 13.8. The van der Waals surface area contributed by atoms with E-state index in [0.717, 1.165) is 5.56 Å². The van der Waals surface area contributed by atoms with E-state index in [2.05, 4.69) is 0 Å². The van der Waals surface area contributed by atoms with Crippen molar-refractivity contribution in [3.05, 3.63) is 23.3 Å². The molecule has 0 aromatic heterocycles. The lowest BCUT2D eigenvalue weighted by molar-refractivity contribution is 0.176. The molecule has 96 valence electrons. The third-order valence-electron chi connectivity index (χ3n) is 2.51. The maximum absolute atomic E-state index is 9.79. The fourth-order valence-electron chi connectivity index (χ4n) is 1.64. The maximum Gasteiger partial charge on any atom is 0.125 e. The Labute approximate surface area is 101 Å². The summed E-state index contributed by atoms with van der Waals surface area (Å²) in [5.41, 5.74) is 6.92. The van der Waals surface area contributed by atoms with Gasteiger partial charge in [0, 0.05) is 24.8 Å². The summed E-state index contributed by atoms with van der Waals surface area (Å²) in [5.74, 6) is 1.23. The van der Waals surface area contributed by atoms with E-state index < -0.39 is 6.10 Å². The summed E-state index contributed by atoms with van der Waals surface area (Å²) in [6.07, 6.45) is -0.768. The predicted molar refractivity (Wildman–Crippen MR) is 64.3 cm³/mol. The van der Waals surface area contributed by atoms with Crippen LogP contribution in [-0.2, 0) is 11.3 Å². The van der Waals surface area contributed by atoms with E-state index in [-0.39, 0.29) is 6.54 Å². The van der Waals surface area contributed by atoms with Crippen LogP contribution in [0.3, 0.4) is 0 Å². The van der Waals surface area contributed by atoms with Crippen molar-refractivity contribution in [3.8, 4) is 11.5 Å². The monoisotopic (exact) mass is 241 g/mol. The van der Waals surface area contributed by atoms with Crippen LogP contribution in [-0.4, -0.2) is 33.0 Å². The Morgan fingerprint density at radius 1 is 1.18 bits per heavy atom. The minimum Gasteiger partial charge on any atom is -0.496 e. The molecule has 1 rings (SSSR count). The van der Waals surface area contributed by atoms with E-state index in [4.69, 9.17) is 19.9 Å². The summed E-state index contributed by atoms with van der Waals surface area (Å²) in [5, 5.41) is 9.79. The van der Waals surface area contributed by atoms with Gasteiger partial charge in [-0.3, -0.25) is 0 Å². The predicted octanol–water partition coefficient (Wildman–Crippen LogP) is 0.842. The Hall–Kier alpha value is -1.30. The van der Waals surface area contributed by atoms with Crippen LogP contribution in [0, 0.1) is 0 Å². The third kappa shape index (κ3) is 3.09. The van der Waals surface area contributed by atoms with Gasteiger partial charge in [0.1, 0.15) is 11.5 Å². The largest absolute Gasteiger partial charge is 0.496 e. The minimum atomic E-state index is -0.768. The van der Waals surface area contributed by atoms with Crippen molar-refractivity contribution >= 4 is 0 Å². The van der Waals surface area contributed by atoms with Gasteiger partial charge in [0.2, 0.25) is 0 Å². The molecule has 0 heterocycles. The number of rotatable bonds is 6. The van der Waals surface area contributed by atoms with E-state index in [1.54, 1.807) is 33.5 Å². The molecule has 5 heteroatoms. The van der Waals surface area contributed by atoms with Gasteiger partial charge in [0.25, 0.3) is 0 Å². The van der Waals surface area contributed by atoms with E-state index in [9.17, 15) is 5.11 Å². The maximum atomic E-state index is 9.79. The zero-order chi connectivity index (χ0) is 12.8. The lowest BCUT2D eigenvalue weighted by atomic mass is 10.0. The average molecular weight is 241 g/mol. The van der Waals surface area contributed by atoms with Gasteiger partial charge < -0.3 is 25.1 Å². The fraction of sp³-hybridized carbons (Fsp3) is 0.500. The summed E-state index contributed by atoms with van der Waals surface area (Å²) >= 11 is 0. The second-order valence-electron chi connectivity index (χ2n) is 3.59. The second kappa shape index (κ2) is 6.44. The van der Waals surface area contributed by atoms with Crippen LogP contribution in [0.4, 0.5) is 0 Å². The van der Waals surface area contributed by atoms with Gasteiger partial charge in [-0.2, -0.15) is 0 Å². The first-order valence-corrected chi connectivity index (χ1v) is 5.29. The van der Waals surface area contributed by atoms with E-state index >= 15 is 0 Å². The van der Waals surface area contributed by atoms with Crippen LogP contribution in [0.5, 0.6) is 11.5 Å². The number of hydrogen-bond acceptors (Lipinski definition) is 5. The molecular formula is C12H19NO4. The van der Waals surface area contributed by atoms with Crippen molar-refractivity contribution < 1.29 is 19.3 Å². The minimum absolute atomic E-state index is 0.128. The molecule has 0 saturated heterocycles. The topological polar surface area (TPSA) is 73.9 Å².